The Balaban J connectivity index is 1.48. The molecule has 2 heterocycles. The highest BCUT2D eigenvalue weighted by atomic mass is 35.5. The van der Waals surface area contributed by atoms with Crippen molar-refractivity contribution >= 4 is 57.3 Å². The zero-order chi connectivity index (χ0) is 18.6. The summed E-state index contributed by atoms with van der Waals surface area (Å²) in [6.07, 6.45) is 1.57. The van der Waals surface area contributed by atoms with Crippen molar-refractivity contribution in [1.82, 2.24) is 14.6 Å². The summed E-state index contributed by atoms with van der Waals surface area (Å²) in [5.74, 6) is 0.0723. The van der Waals surface area contributed by atoms with Crippen LogP contribution >= 0.6 is 34.9 Å². The molecule has 2 aromatic carbocycles. The molecule has 2 aromatic heterocycles. The molecule has 5 nitrogen and oxygen atoms in total. The van der Waals surface area contributed by atoms with Gasteiger partial charge in [0.05, 0.1) is 11.4 Å². The van der Waals surface area contributed by atoms with E-state index in [1.807, 2.05) is 18.2 Å². The maximum atomic E-state index is 12.2. The number of nitrogens with one attached hydrogen (secondary N) is 1. The summed E-state index contributed by atoms with van der Waals surface area (Å²) >= 11 is 8.66. The third kappa shape index (κ3) is 4.10. The van der Waals surface area contributed by atoms with Gasteiger partial charge in [0.2, 0.25) is 5.91 Å². The van der Waals surface area contributed by atoms with Gasteiger partial charge in [0.25, 0.3) is 0 Å². The lowest BCUT2D eigenvalue weighted by Crippen LogP contribution is -2.14. The first-order chi connectivity index (χ1) is 13.2. The average molecular weight is 413 g/mol. The highest BCUT2D eigenvalue weighted by Gasteiger charge is 2.14. The number of halogens is 1. The van der Waals surface area contributed by atoms with Gasteiger partial charge in [-0.15, -0.1) is 16.9 Å². The Bertz CT molecular complexity index is 1120. The molecule has 0 saturated heterocycles. The fraction of sp³-hybridized carbons (Fsp3) is 0.0526. The van der Waals surface area contributed by atoms with E-state index < -0.39 is 0 Å². The number of hydrogen-bond donors (Lipinski definition) is 1. The van der Waals surface area contributed by atoms with Gasteiger partial charge in [0.1, 0.15) is 9.90 Å². The van der Waals surface area contributed by atoms with Crippen molar-refractivity contribution in [1.29, 1.82) is 0 Å². The number of amides is 1. The molecule has 0 spiro atoms. The Hall–Kier alpha value is -2.48. The van der Waals surface area contributed by atoms with Crippen LogP contribution in [0, 0.1) is 0 Å². The molecule has 0 saturated carbocycles. The van der Waals surface area contributed by atoms with Gasteiger partial charge in [-0.25, -0.2) is 4.98 Å². The lowest BCUT2D eigenvalue weighted by Gasteiger charge is -2.06. The first-order valence-electron chi connectivity index (χ1n) is 8.05. The van der Waals surface area contributed by atoms with Gasteiger partial charge >= 0.3 is 0 Å². The third-order valence-electron chi connectivity index (χ3n) is 3.85. The summed E-state index contributed by atoms with van der Waals surface area (Å²) in [6.45, 7) is 0. The van der Waals surface area contributed by atoms with Crippen LogP contribution in [0.4, 0.5) is 5.69 Å². The van der Waals surface area contributed by atoms with Crippen molar-refractivity contribution in [3.8, 4) is 11.3 Å². The summed E-state index contributed by atoms with van der Waals surface area (Å²) in [7, 11) is 0. The number of rotatable bonds is 5. The van der Waals surface area contributed by atoms with Crippen molar-refractivity contribution < 1.29 is 4.79 Å². The average Bonchev–Trinajstić information content (AvgIpc) is 3.16. The molecular formula is C19H13ClN4OS2. The van der Waals surface area contributed by atoms with Gasteiger partial charge < -0.3 is 5.32 Å². The van der Waals surface area contributed by atoms with Gasteiger partial charge in [0.15, 0.2) is 5.15 Å². The third-order valence-corrected chi connectivity index (χ3v) is 6.11. The van der Waals surface area contributed by atoms with E-state index in [-0.39, 0.29) is 16.8 Å². The number of fused-ring (bicyclic) bond motifs is 1. The monoisotopic (exact) mass is 412 g/mol. The van der Waals surface area contributed by atoms with Crippen LogP contribution in [-0.2, 0) is 4.79 Å². The SMILES string of the molecule is O=C(CSc1snnc1-c1ccc2ccccc2c1)Nc1cccnc1Cl. The van der Waals surface area contributed by atoms with Crippen LogP contribution in [0.5, 0.6) is 0 Å². The largest absolute Gasteiger partial charge is 0.323 e. The quantitative estimate of drug-likeness (QED) is 0.363. The maximum Gasteiger partial charge on any atom is 0.234 e. The molecule has 0 bridgehead atoms. The van der Waals surface area contributed by atoms with Crippen molar-refractivity contribution in [2.75, 3.05) is 11.1 Å². The molecular weight excluding hydrogens is 400 g/mol. The van der Waals surface area contributed by atoms with Crippen LogP contribution in [0.2, 0.25) is 5.15 Å². The predicted octanol–water partition coefficient (Wildman–Crippen LogP) is 5.14. The second-order valence-electron chi connectivity index (χ2n) is 5.65. The van der Waals surface area contributed by atoms with E-state index in [9.17, 15) is 4.79 Å². The van der Waals surface area contributed by atoms with E-state index in [0.717, 1.165) is 20.9 Å². The van der Waals surface area contributed by atoms with Gasteiger partial charge in [-0.1, -0.05) is 52.5 Å². The Morgan fingerprint density at radius 3 is 2.81 bits per heavy atom. The molecule has 0 atom stereocenters. The minimum absolute atomic E-state index is 0.159. The second kappa shape index (κ2) is 8.04. The van der Waals surface area contributed by atoms with Crippen LogP contribution in [0.3, 0.4) is 0 Å². The van der Waals surface area contributed by atoms with E-state index in [1.165, 1.54) is 28.7 Å². The standard InChI is InChI=1S/C19H13ClN4OS2/c20-18-15(6-3-9-21-18)22-16(25)11-26-19-17(23-24-27-19)14-8-7-12-4-1-2-5-13(12)10-14/h1-10H,11H2,(H,22,25). The second-order valence-corrected chi connectivity index (χ2v) is 8.01. The predicted molar refractivity (Wildman–Crippen MR) is 111 cm³/mol. The number of hydrogen-bond acceptors (Lipinski definition) is 6. The molecule has 1 N–H and O–H groups in total. The summed E-state index contributed by atoms with van der Waals surface area (Å²) in [6, 6.07) is 17.8. The first kappa shape index (κ1) is 17.9. The molecule has 0 unspecified atom stereocenters. The van der Waals surface area contributed by atoms with Crippen molar-refractivity contribution in [2.45, 2.75) is 4.21 Å². The minimum atomic E-state index is -0.159. The van der Waals surface area contributed by atoms with E-state index in [0.29, 0.717) is 5.69 Å². The molecule has 4 aromatic rings. The van der Waals surface area contributed by atoms with Crippen molar-refractivity contribution in [2.24, 2.45) is 0 Å². The molecule has 0 fully saturated rings. The number of benzene rings is 2. The van der Waals surface area contributed by atoms with Crippen LogP contribution in [-0.4, -0.2) is 26.2 Å². The molecule has 1 amide bonds. The Kier molecular flexibility index (Phi) is 5.33. The molecule has 27 heavy (non-hydrogen) atoms. The maximum absolute atomic E-state index is 12.2. The van der Waals surface area contributed by atoms with E-state index in [2.05, 4.69) is 44.2 Å². The zero-order valence-electron chi connectivity index (χ0n) is 13.9. The summed E-state index contributed by atoms with van der Waals surface area (Å²) in [4.78, 5) is 16.2. The summed E-state index contributed by atoms with van der Waals surface area (Å²) < 4.78 is 4.96. The number of carbonyl (C=O) groups excluding carboxylic acids is 1. The molecule has 0 radical (unpaired) electrons. The number of pyridine rings is 1. The minimum Gasteiger partial charge on any atom is -0.323 e. The van der Waals surface area contributed by atoms with Gasteiger partial charge in [-0.3, -0.25) is 4.79 Å². The Morgan fingerprint density at radius 1 is 1.11 bits per heavy atom. The smallest absolute Gasteiger partial charge is 0.234 e. The fourth-order valence-electron chi connectivity index (χ4n) is 2.59. The number of thioether (sulfide) groups is 1. The zero-order valence-corrected chi connectivity index (χ0v) is 16.3. The topological polar surface area (TPSA) is 67.8 Å². The lowest BCUT2D eigenvalue weighted by molar-refractivity contribution is -0.113. The molecule has 0 aliphatic rings. The molecule has 8 heteroatoms. The van der Waals surface area contributed by atoms with Crippen molar-refractivity contribution in [3.05, 3.63) is 65.9 Å². The van der Waals surface area contributed by atoms with Crippen LogP contribution in [0.25, 0.3) is 22.0 Å². The number of nitrogens with zero attached hydrogens (tertiary/aromatic N) is 3. The van der Waals surface area contributed by atoms with Crippen LogP contribution < -0.4 is 5.32 Å². The molecule has 4 rings (SSSR count). The number of carbonyl (C=O) groups is 1. The highest BCUT2D eigenvalue weighted by molar-refractivity contribution is 8.01. The molecule has 134 valence electrons. The van der Waals surface area contributed by atoms with Crippen LogP contribution in [0.1, 0.15) is 0 Å². The lowest BCUT2D eigenvalue weighted by atomic mass is 10.1. The summed E-state index contributed by atoms with van der Waals surface area (Å²) in [5.41, 5.74) is 2.28. The Labute approximate surface area is 169 Å². The van der Waals surface area contributed by atoms with Crippen molar-refractivity contribution in [3.63, 3.8) is 0 Å². The van der Waals surface area contributed by atoms with Gasteiger partial charge in [-0.05, 0) is 40.5 Å². The number of aromatic nitrogens is 3. The molecule has 0 aliphatic heterocycles. The van der Waals surface area contributed by atoms with Gasteiger partial charge in [-0.2, -0.15) is 0 Å². The van der Waals surface area contributed by atoms with E-state index in [1.54, 1.807) is 18.3 Å². The van der Waals surface area contributed by atoms with E-state index >= 15 is 0 Å². The molecule has 0 aliphatic carbocycles. The highest BCUT2D eigenvalue weighted by Crippen LogP contribution is 2.34. The van der Waals surface area contributed by atoms with Gasteiger partial charge in [0, 0.05) is 11.8 Å². The van der Waals surface area contributed by atoms with Crippen LogP contribution in [0.15, 0.2) is 65.0 Å². The summed E-state index contributed by atoms with van der Waals surface area (Å²) in [5, 5.41) is 9.60. The van der Waals surface area contributed by atoms with E-state index in [4.69, 9.17) is 11.6 Å². The fourth-order valence-corrected chi connectivity index (χ4v) is 4.31. The normalized spacial score (nSPS) is 10.9. The number of anilines is 1. The first-order valence-corrected chi connectivity index (χ1v) is 10.2. The Morgan fingerprint density at radius 2 is 1.96 bits per heavy atom.